The third-order valence-corrected chi connectivity index (χ3v) is 8.22. The maximum atomic E-state index is 10.3. The Balaban J connectivity index is 1.24. The van der Waals surface area contributed by atoms with E-state index < -0.39 is 0 Å². The number of piperidine rings is 1. The fourth-order valence-corrected chi connectivity index (χ4v) is 6.40. The van der Waals surface area contributed by atoms with Gasteiger partial charge in [0.2, 0.25) is 5.76 Å². The number of nitrogens with one attached hydrogen (secondary N) is 1. The van der Waals surface area contributed by atoms with E-state index in [4.69, 9.17) is 9.68 Å². The van der Waals surface area contributed by atoms with Crippen LogP contribution in [0.5, 0.6) is 0 Å². The van der Waals surface area contributed by atoms with Gasteiger partial charge in [-0.15, -0.1) is 0 Å². The molecule has 2 N–H and O–H groups in total. The zero-order valence-corrected chi connectivity index (χ0v) is 18.2. The molecule has 2 saturated heterocycles. The molecule has 4 heterocycles. The Hall–Kier alpha value is -1.62. The molecule has 7 heteroatoms. The first kappa shape index (κ1) is 19.3. The largest absolute Gasteiger partial charge is 0.444 e. The van der Waals surface area contributed by atoms with Gasteiger partial charge in [-0.2, -0.15) is 5.26 Å². The van der Waals surface area contributed by atoms with Crippen molar-refractivity contribution >= 4 is 32.7 Å². The first-order valence-electron chi connectivity index (χ1n) is 10.8. The summed E-state index contributed by atoms with van der Waals surface area (Å²) in [5.41, 5.74) is 0.625. The average molecular weight is 459 g/mol. The number of nitrogens with zero attached hydrogens (tertiary/aromatic N) is 3. The van der Waals surface area contributed by atoms with E-state index in [-0.39, 0.29) is 6.10 Å². The maximum Gasteiger partial charge on any atom is 0.204 e. The lowest BCUT2D eigenvalue weighted by Gasteiger charge is -2.47. The Morgan fingerprint density at radius 3 is 2.76 bits per heavy atom. The highest BCUT2D eigenvalue weighted by atomic mass is 79.9. The van der Waals surface area contributed by atoms with Gasteiger partial charge in [-0.1, -0.05) is 6.92 Å². The zero-order valence-electron chi connectivity index (χ0n) is 16.6. The molecule has 29 heavy (non-hydrogen) atoms. The van der Waals surface area contributed by atoms with Gasteiger partial charge >= 0.3 is 0 Å². The molecule has 0 radical (unpaired) electrons. The van der Waals surface area contributed by atoms with Crippen LogP contribution in [0.2, 0.25) is 0 Å². The molecular formula is C22H27BrN4O2. The summed E-state index contributed by atoms with van der Waals surface area (Å²) in [4.78, 5) is 7.28. The number of hydrogen-bond donors (Lipinski definition) is 2. The third-order valence-electron chi connectivity index (χ3n) is 7.41. The van der Waals surface area contributed by atoms with Crippen LogP contribution >= 0.6 is 15.9 Å². The summed E-state index contributed by atoms with van der Waals surface area (Å²) in [6.07, 6.45) is 9.63. The van der Waals surface area contributed by atoms with Crippen molar-refractivity contribution in [2.24, 2.45) is 5.92 Å². The van der Waals surface area contributed by atoms with Gasteiger partial charge in [0.05, 0.1) is 16.8 Å². The Morgan fingerprint density at radius 2 is 2.00 bits per heavy atom. The van der Waals surface area contributed by atoms with Crippen molar-refractivity contribution in [3.8, 4) is 6.07 Å². The molecule has 2 aliphatic heterocycles. The number of hydrogen-bond acceptors (Lipinski definition) is 6. The molecule has 5 rings (SSSR count). The number of fused-ring (bicyclic) bond motifs is 3. The van der Waals surface area contributed by atoms with Gasteiger partial charge in [0.15, 0.2) is 5.58 Å². The van der Waals surface area contributed by atoms with Crippen LogP contribution in [0.4, 0.5) is 5.82 Å². The van der Waals surface area contributed by atoms with E-state index in [0.717, 1.165) is 34.9 Å². The zero-order chi connectivity index (χ0) is 20.1. The molecule has 3 unspecified atom stereocenters. The summed E-state index contributed by atoms with van der Waals surface area (Å²) in [6.45, 7) is 2.23. The minimum absolute atomic E-state index is 0.121. The minimum atomic E-state index is -0.121. The van der Waals surface area contributed by atoms with Crippen LogP contribution in [-0.2, 0) is 0 Å². The average Bonchev–Trinajstić information content (AvgIpc) is 3.31. The Morgan fingerprint density at radius 1 is 1.24 bits per heavy atom. The lowest BCUT2D eigenvalue weighted by molar-refractivity contribution is -0.0386. The van der Waals surface area contributed by atoms with E-state index in [0.29, 0.717) is 41.4 Å². The highest BCUT2D eigenvalue weighted by Crippen LogP contribution is 2.43. The van der Waals surface area contributed by atoms with E-state index in [1.165, 1.54) is 25.7 Å². The van der Waals surface area contributed by atoms with E-state index in [2.05, 4.69) is 38.1 Å². The predicted molar refractivity (Wildman–Crippen MR) is 115 cm³/mol. The molecule has 0 aromatic carbocycles. The molecule has 1 saturated carbocycles. The molecular weight excluding hydrogens is 432 g/mol. The van der Waals surface area contributed by atoms with Gasteiger partial charge in [-0.3, -0.25) is 4.90 Å². The number of anilines is 1. The number of nitriles is 1. The molecule has 1 aliphatic carbocycles. The Bertz CT molecular complexity index is 946. The number of aliphatic hydroxyl groups is 1. The Labute approximate surface area is 179 Å². The van der Waals surface area contributed by atoms with Crippen LogP contribution in [0.15, 0.2) is 21.2 Å². The fraction of sp³-hybridized carbons (Fsp3) is 0.636. The van der Waals surface area contributed by atoms with Crippen molar-refractivity contribution < 1.29 is 9.52 Å². The van der Waals surface area contributed by atoms with Crippen LogP contribution in [-0.4, -0.2) is 45.3 Å². The van der Waals surface area contributed by atoms with Crippen LogP contribution < -0.4 is 5.32 Å². The highest BCUT2D eigenvalue weighted by molar-refractivity contribution is 9.10. The highest BCUT2D eigenvalue weighted by Gasteiger charge is 2.47. The molecule has 2 aromatic heterocycles. The maximum absolute atomic E-state index is 10.3. The van der Waals surface area contributed by atoms with Crippen LogP contribution in [0.3, 0.4) is 0 Å². The molecule has 6 nitrogen and oxygen atoms in total. The summed E-state index contributed by atoms with van der Waals surface area (Å²) in [5.74, 6) is 1.52. The smallest absolute Gasteiger partial charge is 0.204 e. The van der Waals surface area contributed by atoms with Gasteiger partial charge in [-0.25, -0.2) is 4.98 Å². The summed E-state index contributed by atoms with van der Waals surface area (Å²) in [5, 5.41) is 23.9. The summed E-state index contributed by atoms with van der Waals surface area (Å²) >= 11 is 3.64. The second kappa shape index (κ2) is 7.57. The van der Waals surface area contributed by atoms with Crippen molar-refractivity contribution in [2.45, 2.75) is 82.1 Å². The van der Waals surface area contributed by atoms with Crippen LogP contribution in [0.25, 0.3) is 11.0 Å². The predicted octanol–water partition coefficient (Wildman–Crippen LogP) is 4.42. The van der Waals surface area contributed by atoms with Crippen molar-refractivity contribution in [1.82, 2.24) is 9.88 Å². The molecule has 2 aromatic rings. The van der Waals surface area contributed by atoms with E-state index in [9.17, 15) is 5.11 Å². The third kappa shape index (κ3) is 3.35. The molecule has 4 atom stereocenters. The van der Waals surface area contributed by atoms with Crippen LogP contribution in [0, 0.1) is 17.2 Å². The Kier molecular flexibility index (Phi) is 5.05. The first-order chi connectivity index (χ1) is 14.0. The van der Waals surface area contributed by atoms with Gasteiger partial charge < -0.3 is 14.8 Å². The SMILES string of the molecule is CC1C(O)CC2CC[C@H]1N2C1CCC(Nc2ncc3oc(C#N)cc3c2Br)CC1. The number of pyridine rings is 1. The molecule has 3 fully saturated rings. The normalized spacial score (nSPS) is 35.0. The monoisotopic (exact) mass is 458 g/mol. The molecule has 154 valence electrons. The summed E-state index contributed by atoms with van der Waals surface area (Å²) in [7, 11) is 0. The number of halogens is 1. The molecule has 0 spiro atoms. The second-order valence-corrected chi connectivity index (χ2v) is 9.77. The molecule has 3 aliphatic rings. The van der Waals surface area contributed by atoms with E-state index in [1.54, 1.807) is 12.3 Å². The molecule has 2 bridgehead atoms. The second-order valence-electron chi connectivity index (χ2n) is 8.98. The van der Waals surface area contributed by atoms with Crippen molar-refractivity contribution in [3.05, 3.63) is 22.5 Å². The number of rotatable bonds is 3. The van der Waals surface area contributed by atoms with Crippen molar-refractivity contribution in [3.63, 3.8) is 0 Å². The van der Waals surface area contributed by atoms with Gasteiger partial charge in [-0.05, 0) is 66.8 Å². The minimum Gasteiger partial charge on any atom is -0.444 e. The van der Waals surface area contributed by atoms with Gasteiger partial charge in [0.25, 0.3) is 0 Å². The van der Waals surface area contributed by atoms with Crippen molar-refractivity contribution in [1.29, 1.82) is 5.26 Å². The molecule has 0 amide bonds. The number of aliphatic hydroxyl groups excluding tert-OH is 1. The van der Waals surface area contributed by atoms with Gasteiger partial charge in [0, 0.05) is 35.6 Å². The summed E-state index contributed by atoms with van der Waals surface area (Å²) in [6, 6.07) is 5.99. The van der Waals surface area contributed by atoms with Gasteiger partial charge in [0.1, 0.15) is 11.9 Å². The van der Waals surface area contributed by atoms with E-state index >= 15 is 0 Å². The number of aromatic nitrogens is 1. The van der Waals surface area contributed by atoms with E-state index in [1.807, 2.05) is 6.07 Å². The lowest BCUT2D eigenvalue weighted by atomic mass is 9.83. The fourth-order valence-electron chi connectivity index (χ4n) is 5.87. The first-order valence-corrected chi connectivity index (χ1v) is 11.5. The summed E-state index contributed by atoms with van der Waals surface area (Å²) < 4.78 is 6.32. The standard InChI is InChI=1S/C22H27BrN4O2/c1-12-18-7-6-15(8-19(12)28)27(18)14-4-2-13(3-5-14)26-22-21(23)17-9-16(10-24)29-20(17)11-25-22/h9,11-15,18-19,28H,2-8H2,1H3,(H,25,26)/t12?,13?,14?,15?,18-,19?/m1/s1. The number of furan rings is 1. The van der Waals surface area contributed by atoms with Crippen molar-refractivity contribution in [2.75, 3.05) is 5.32 Å². The quantitative estimate of drug-likeness (QED) is 0.707. The lowest BCUT2D eigenvalue weighted by Crippen LogP contribution is -2.55. The topological polar surface area (TPSA) is 85.3 Å². The van der Waals surface area contributed by atoms with Crippen LogP contribution in [0.1, 0.15) is 57.6 Å².